The van der Waals surface area contributed by atoms with Gasteiger partial charge in [0.15, 0.2) is 0 Å². The van der Waals surface area contributed by atoms with Gasteiger partial charge in [0.2, 0.25) is 0 Å². The fraction of sp³-hybridized carbons (Fsp3) is 0.143. The zero-order valence-corrected chi connectivity index (χ0v) is 9.87. The molecule has 2 amide bonds. The van der Waals surface area contributed by atoms with E-state index in [2.05, 4.69) is 0 Å². The number of hydrogen-bond donors (Lipinski definition) is 1. The van der Waals surface area contributed by atoms with E-state index in [9.17, 15) is 9.59 Å². The molecule has 0 radical (unpaired) electrons. The Kier molecular flexibility index (Phi) is 3.57. The molecule has 0 saturated carbocycles. The molecule has 0 unspecified atom stereocenters. The van der Waals surface area contributed by atoms with E-state index in [1.807, 2.05) is 12.1 Å². The number of rotatable bonds is 2. The molecule has 92 valence electrons. The summed E-state index contributed by atoms with van der Waals surface area (Å²) in [6, 6.07) is 7.16. The first-order chi connectivity index (χ1) is 8.66. The van der Waals surface area contributed by atoms with Gasteiger partial charge >= 0.3 is 0 Å². The van der Waals surface area contributed by atoms with Crippen LogP contribution in [0.5, 0.6) is 0 Å². The van der Waals surface area contributed by atoms with Crippen LogP contribution in [0.1, 0.15) is 12.0 Å². The number of nitrogen functional groups attached to an aromatic ring is 1. The fourth-order valence-corrected chi connectivity index (χ4v) is 1.67. The van der Waals surface area contributed by atoms with Gasteiger partial charge in [0.1, 0.15) is 0 Å². The second-order valence-electron chi connectivity index (χ2n) is 4.02. The molecule has 0 spiro atoms. The van der Waals surface area contributed by atoms with Gasteiger partial charge in [-0.1, -0.05) is 18.2 Å². The topological polar surface area (TPSA) is 63.4 Å². The van der Waals surface area contributed by atoms with Gasteiger partial charge in [-0.05, 0) is 36.3 Å². The fourth-order valence-electron chi connectivity index (χ4n) is 1.67. The van der Waals surface area contributed by atoms with Crippen LogP contribution in [-0.4, -0.2) is 23.3 Å². The third-order valence-electron chi connectivity index (χ3n) is 2.67. The van der Waals surface area contributed by atoms with Gasteiger partial charge in [0.25, 0.3) is 11.8 Å². The highest BCUT2D eigenvalue weighted by Gasteiger charge is 2.18. The van der Waals surface area contributed by atoms with Crippen LogP contribution in [0.15, 0.2) is 42.5 Å². The van der Waals surface area contributed by atoms with Crippen LogP contribution >= 0.6 is 0 Å². The van der Waals surface area contributed by atoms with Gasteiger partial charge in [0.05, 0.1) is 0 Å². The van der Waals surface area contributed by atoms with Crippen LogP contribution in [0.25, 0.3) is 6.08 Å². The maximum absolute atomic E-state index is 11.8. The Labute approximate surface area is 105 Å². The van der Waals surface area contributed by atoms with Crippen molar-refractivity contribution in [1.29, 1.82) is 0 Å². The quantitative estimate of drug-likeness (QED) is 0.633. The lowest BCUT2D eigenvalue weighted by atomic mass is 10.2. The number of carbonyl (C=O) groups is 2. The van der Waals surface area contributed by atoms with E-state index >= 15 is 0 Å². The first-order valence-electron chi connectivity index (χ1n) is 5.72. The largest absolute Gasteiger partial charge is 0.399 e. The number of anilines is 1. The maximum Gasteiger partial charge on any atom is 0.253 e. The van der Waals surface area contributed by atoms with Gasteiger partial charge in [-0.15, -0.1) is 0 Å². The van der Waals surface area contributed by atoms with Crippen LogP contribution in [0.2, 0.25) is 0 Å². The van der Waals surface area contributed by atoms with E-state index in [0.717, 1.165) is 5.56 Å². The molecule has 0 fully saturated rings. The predicted molar refractivity (Wildman–Crippen MR) is 70.4 cm³/mol. The van der Waals surface area contributed by atoms with Crippen molar-refractivity contribution in [1.82, 2.24) is 4.90 Å². The zero-order chi connectivity index (χ0) is 13.0. The smallest absolute Gasteiger partial charge is 0.253 e. The molecule has 1 aliphatic heterocycles. The van der Waals surface area contributed by atoms with Gasteiger partial charge in [-0.25, -0.2) is 0 Å². The first-order valence-corrected chi connectivity index (χ1v) is 5.72. The zero-order valence-electron chi connectivity index (χ0n) is 9.87. The molecule has 18 heavy (non-hydrogen) atoms. The second kappa shape index (κ2) is 5.31. The minimum atomic E-state index is -0.291. The Morgan fingerprint density at radius 3 is 2.67 bits per heavy atom. The maximum atomic E-state index is 11.8. The third kappa shape index (κ3) is 2.85. The van der Waals surface area contributed by atoms with Crippen molar-refractivity contribution in [2.45, 2.75) is 6.42 Å². The SMILES string of the molecule is Nc1ccc(/C=C/C(=O)N2CCC=CC2=O)cc1. The average Bonchev–Trinajstić information content (AvgIpc) is 2.38. The summed E-state index contributed by atoms with van der Waals surface area (Å²) in [5.41, 5.74) is 7.11. The van der Waals surface area contributed by atoms with Gasteiger partial charge in [-0.2, -0.15) is 0 Å². The Morgan fingerprint density at radius 1 is 1.28 bits per heavy atom. The lowest BCUT2D eigenvalue weighted by molar-refractivity contribution is -0.139. The summed E-state index contributed by atoms with van der Waals surface area (Å²) in [5, 5.41) is 0. The monoisotopic (exact) mass is 242 g/mol. The van der Waals surface area contributed by atoms with Crippen molar-refractivity contribution < 1.29 is 9.59 Å². The van der Waals surface area contributed by atoms with Crippen LogP contribution < -0.4 is 5.73 Å². The molecule has 2 N–H and O–H groups in total. The number of nitrogens with zero attached hydrogens (tertiary/aromatic N) is 1. The molecule has 0 bridgehead atoms. The second-order valence-corrected chi connectivity index (χ2v) is 4.02. The number of carbonyl (C=O) groups excluding carboxylic acids is 2. The van der Waals surface area contributed by atoms with Crippen LogP contribution in [0.3, 0.4) is 0 Å². The summed E-state index contributed by atoms with van der Waals surface area (Å²) in [7, 11) is 0. The Hall–Kier alpha value is -2.36. The summed E-state index contributed by atoms with van der Waals surface area (Å²) >= 11 is 0. The molecule has 0 saturated heterocycles. The van der Waals surface area contributed by atoms with E-state index in [-0.39, 0.29) is 11.8 Å². The highest BCUT2D eigenvalue weighted by molar-refractivity contribution is 6.06. The summed E-state index contributed by atoms with van der Waals surface area (Å²) in [5.74, 6) is -0.547. The Morgan fingerprint density at radius 2 is 2.00 bits per heavy atom. The highest BCUT2D eigenvalue weighted by atomic mass is 16.2. The van der Waals surface area contributed by atoms with Crippen LogP contribution in [0, 0.1) is 0 Å². The lowest BCUT2D eigenvalue weighted by Crippen LogP contribution is -2.37. The van der Waals surface area contributed by atoms with Crippen molar-refractivity contribution in [3.8, 4) is 0 Å². The molecule has 4 heteroatoms. The molecule has 1 aliphatic rings. The molecular weight excluding hydrogens is 228 g/mol. The predicted octanol–water partition coefficient (Wildman–Crippen LogP) is 1.60. The summed E-state index contributed by atoms with van der Waals surface area (Å²) in [6.07, 6.45) is 7.00. The molecule has 1 aromatic carbocycles. The molecule has 0 aliphatic carbocycles. The van der Waals surface area contributed by atoms with Gasteiger partial charge in [0, 0.05) is 18.3 Å². The Bertz CT molecular complexity index is 515. The van der Waals surface area contributed by atoms with E-state index in [1.54, 1.807) is 24.3 Å². The highest BCUT2D eigenvalue weighted by Crippen LogP contribution is 2.09. The van der Waals surface area contributed by atoms with Crippen molar-refractivity contribution in [3.05, 3.63) is 48.1 Å². The minimum absolute atomic E-state index is 0.256. The van der Waals surface area contributed by atoms with Crippen molar-refractivity contribution in [3.63, 3.8) is 0 Å². The number of benzene rings is 1. The number of imide groups is 1. The summed E-state index contributed by atoms with van der Waals surface area (Å²) in [6.45, 7) is 0.445. The van der Waals surface area contributed by atoms with Gasteiger partial charge < -0.3 is 5.73 Å². The van der Waals surface area contributed by atoms with Crippen molar-refractivity contribution in [2.75, 3.05) is 12.3 Å². The molecule has 0 aromatic heterocycles. The van der Waals surface area contributed by atoms with E-state index < -0.39 is 0 Å². The number of hydrogen-bond acceptors (Lipinski definition) is 3. The third-order valence-corrected chi connectivity index (χ3v) is 2.67. The molecule has 2 rings (SSSR count). The van der Waals surface area contributed by atoms with E-state index in [4.69, 9.17) is 5.73 Å². The Balaban J connectivity index is 2.05. The molecule has 4 nitrogen and oxygen atoms in total. The first kappa shape index (κ1) is 12.1. The van der Waals surface area contributed by atoms with Crippen molar-refractivity contribution >= 4 is 23.6 Å². The average molecular weight is 242 g/mol. The van der Waals surface area contributed by atoms with Crippen molar-refractivity contribution in [2.24, 2.45) is 0 Å². The normalized spacial score (nSPS) is 15.3. The lowest BCUT2D eigenvalue weighted by Gasteiger charge is -2.19. The van der Waals surface area contributed by atoms with E-state index in [1.165, 1.54) is 17.1 Å². The molecule has 1 aromatic rings. The molecule has 0 atom stereocenters. The van der Waals surface area contributed by atoms with Crippen LogP contribution in [0.4, 0.5) is 5.69 Å². The minimum Gasteiger partial charge on any atom is -0.399 e. The summed E-state index contributed by atoms with van der Waals surface area (Å²) < 4.78 is 0. The summed E-state index contributed by atoms with van der Waals surface area (Å²) in [4.78, 5) is 24.5. The van der Waals surface area contributed by atoms with Crippen LogP contribution in [-0.2, 0) is 9.59 Å². The van der Waals surface area contributed by atoms with Gasteiger partial charge in [-0.3, -0.25) is 14.5 Å². The molecule has 1 heterocycles. The number of nitrogens with two attached hydrogens (primary N) is 1. The standard InChI is InChI=1S/C14H14N2O2/c15-12-7-4-11(5-8-12)6-9-14(18)16-10-2-1-3-13(16)17/h1,3-9H,2,10,15H2/b9-6+. The van der Waals surface area contributed by atoms with E-state index in [0.29, 0.717) is 18.7 Å². The molecular formula is C14H14N2O2. The number of amides is 2.